The molecule has 0 saturated carbocycles. The van der Waals surface area contributed by atoms with Crippen LogP contribution in [0.1, 0.15) is 35.7 Å². The predicted molar refractivity (Wildman–Crippen MR) is 93.3 cm³/mol. The van der Waals surface area contributed by atoms with E-state index in [1.54, 1.807) is 0 Å². The smallest absolute Gasteiger partial charge is 0.225 e. The van der Waals surface area contributed by atoms with Crippen LogP contribution in [-0.4, -0.2) is 57.0 Å². The summed E-state index contributed by atoms with van der Waals surface area (Å²) in [7, 11) is 1.98. The fourth-order valence-corrected chi connectivity index (χ4v) is 4.49. The van der Waals surface area contributed by atoms with Crippen molar-refractivity contribution >= 4 is 5.95 Å². The fraction of sp³-hybridized carbons (Fsp3) is 0.611. The van der Waals surface area contributed by atoms with Gasteiger partial charge in [0, 0.05) is 68.7 Å². The van der Waals surface area contributed by atoms with Crippen molar-refractivity contribution in [1.82, 2.24) is 24.6 Å². The lowest BCUT2D eigenvalue weighted by atomic mass is 9.99. The van der Waals surface area contributed by atoms with Crippen LogP contribution in [0.25, 0.3) is 0 Å². The van der Waals surface area contributed by atoms with Gasteiger partial charge in [-0.25, -0.2) is 9.97 Å². The van der Waals surface area contributed by atoms with Gasteiger partial charge in [-0.05, 0) is 12.8 Å². The summed E-state index contributed by atoms with van der Waals surface area (Å²) in [5.41, 5.74) is 3.87. The number of fused-ring (bicyclic) bond motifs is 4. The second-order valence-electron chi connectivity index (χ2n) is 7.32. The van der Waals surface area contributed by atoms with Gasteiger partial charge >= 0.3 is 0 Å². The Labute approximate surface area is 147 Å². The second-order valence-corrected chi connectivity index (χ2v) is 7.32. The average molecular weight is 340 g/mol. The van der Waals surface area contributed by atoms with Crippen LogP contribution in [0.2, 0.25) is 0 Å². The first kappa shape index (κ1) is 15.3. The van der Waals surface area contributed by atoms with E-state index in [1.165, 1.54) is 29.7 Å². The van der Waals surface area contributed by atoms with Crippen molar-refractivity contribution in [2.75, 3.05) is 31.2 Å². The van der Waals surface area contributed by atoms with Gasteiger partial charge in [0.25, 0.3) is 0 Å². The van der Waals surface area contributed by atoms with Gasteiger partial charge in [-0.3, -0.25) is 9.58 Å². The number of aryl methyl sites for hydroxylation is 1. The Morgan fingerprint density at radius 3 is 2.88 bits per heavy atom. The molecule has 2 aromatic rings. The first-order valence-corrected chi connectivity index (χ1v) is 9.20. The molecule has 0 spiro atoms. The fourth-order valence-electron chi connectivity index (χ4n) is 4.49. The van der Waals surface area contributed by atoms with Crippen LogP contribution >= 0.6 is 0 Å². The van der Waals surface area contributed by atoms with Gasteiger partial charge < -0.3 is 9.64 Å². The Morgan fingerprint density at radius 1 is 1.20 bits per heavy atom. The van der Waals surface area contributed by atoms with Gasteiger partial charge in [0.2, 0.25) is 5.95 Å². The Hall–Kier alpha value is -1.99. The first-order chi connectivity index (χ1) is 12.3. The van der Waals surface area contributed by atoms with Crippen LogP contribution in [0, 0.1) is 0 Å². The number of rotatable bonds is 3. The van der Waals surface area contributed by atoms with Gasteiger partial charge in [-0.2, -0.15) is 5.10 Å². The summed E-state index contributed by atoms with van der Waals surface area (Å²) in [5, 5.41) is 4.31. The highest BCUT2D eigenvalue weighted by Gasteiger charge is 2.41. The van der Waals surface area contributed by atoms with Crippen molar-refractivity contribution in [3.8, 4) is 0 Å². The van der Waals surface area contributed by atoms with Crippen LogP contribution in [-0.2, 0) is 24.8 Å². The molecule has 0 aliphatic carbocycles. The Balaban J connectivity index is 1.40. The lowest BCUT2D eigenvalue weighted by molar-refractivity contribution is 0.122. The van der Waals surface area contributed by atoms with E-state index in [1.807, 2.05) is 17.9 Å². The Morgan fingerprint density at radius 2 is 2.08 bits per heavy atom. The number of ether oxygens (including phenoxy) is 1. The number of nitrogens with zero attached hydrogens (tertiary/aromatic N) is 6. The van der Waals surface area contributed by atoms with Gasteiger partial charge in [-0.15, -0.1) is 0 Å². The minimum atomic E-state index is 0.452. The molecule has 2 unspecified atom stereocenters. The molecule has 0 amide bonds. The van der Waals surface area contributed by atoms with E-state index in [4.69, 9.17) is 14.7 Å². The molecule has 7 nitrogen and oxygen atoms in total. The molecule has 2 aromatic heterocycles. The van der Waals surface area contributed by atoms with Crippen molar-refractivity contribution in [2.45, 2.75) is 37.9 Å². The third-order valence-electron chi connectivity index (χ3n) is 5.74. The van der Waals surface area contributed by atoms with Crippen LogP contribution < -0.4 is 4.90 Å². The molecule has 2 bridgehead atoms. The molecule has 5 rings (SSSR count). The maximum Gasteiger partial charge on any atom is 0.225 e. The van der Waals surface area contributed by atoms with Crippen LogP contribution in [0.15, 0.2) is 18.6 Å². The van der Waals surface area contributed by atoms with E-state index < -0.39 is 0 Å². The molecule has 7 heteroatoms. The molecule has 5 heterocycles. The second kappa shape index (κ2) is 6.07. The molecule has 2 atom stereocenters. The number of anilines is 1. The number of morpholine rings is 1. The Kier molecular flexibility index (Phi) is 3.71. The van der Waals surface area contributed by atoms with Crippen molar-refractivity contribution in [1.29, 1.82) is 0 Å². The lowest BCUT2D eigenvalue weighted by Gasteiger charge is -2.36. The van der Waals surface area contributed by atoms with Crippen LogP contribution in [0.3, 0.4) is 0 Å². The summed E-state index contributed by atoms with van der Waals surface area (Å²) in [6.45, 7) is 4.28. The van der Waals surface area contributed by atoms with E-state index in [2.05, 4.69) is 27.3 Å². The van der Waals surface area contributed by atoms with Gasteiger partial charge in [0.15, 0.2) is 0 Å². The van der Waals surface area contributed by atoms with Crippen molar-refractivity contribution in [2.24, 2.45) is 7.05 Å². The van der Waals surface area contributed by atoms with E-state index in [-0.39, 0.29) is 0 Å². The lowest BCUT2D eigenvalue weighted by Crippen LogP contribution is -2.40. The third-order valence-corrected chi connectivity index (χ3v) is 5.74. The molecule has 0 radical (unpaired) electrons. The number of aromatic nitrogens is 4. The van der Waals surface area contributed by atoms with Gasteiger partial charge in [0.1, 0.15) is 0 Å². The minimum Gasteiger partial charge on any atom is -0.378 e. The van der Waals surface area contributed by atoms with Gasteiger partial charge in [-0.1, -0.05) is 0 Å². The zero-order valence-corrected chi connectivity index (χ0v) is 14.6. The summed E-state index contributed by atoms with van der Waals surface area (Å²) in [5.74, 6) is 0.877. The highest BCUT2D eigenvalue weighted by atomic mass is 16.5. The van der Waals surface area contributed by atoms with E-state index in [9.17, 15) is 0 Å². The maximum atomic E-state index is 5.44. The number of hydrogen-bond donors (Lipinski definition) is 0. The summed E-state index contributed by atoms with van der Waals surface area (Å²) >= 11 is 0. The summed E-state index contributed by atoms with van der Waals surface area (Å²) in [6, 6.07) is 1.04. The van der Waals surface area contributed by atoms with Crippen LogP contribution in [0.4, 0.5) is 5.95 Å². The highest BCUT2D eigenvalue weighted by molar-refractivity contribution is 5.37. The molecule has 2 saturated heterocycles. The quantitative estimate of drug-likeness (QED) is 0.840. The van der Waals surface area contributed by atoms with Crippen molar-refractivity contribution in [3.05, 3.63) is 35.4 Å². The van der Waals surface area contributed by atoms with E-state index >= 15 is 0 Å². The molecule has 3 aliphatic heterocycles. The van der Waals surface area contributed by atoms with Gasteiger partial charge in [0.05, 0.1) is 25.1 Å². The predicted octanol–water partition coefficient (Wildman–Crippen LogP) is 1.31. The first-order valence-electron chi connectivity index (χ1n) is 9.20. The zero-order chi connectivity index (χ0) is 16.8. The van der Waals surface area contributed by atoms with E-state index in [0.717, 1.165) is 45.2 Å². The van der Waals surface area contributed by atoms with Crippen LogP contribution in [0.5, 0.6) is 0 Å². The standard InChI is InChI=1S/C18H24N6O/c1-22-11-13(9-20-22)12-24-14-2-3-17(24)15-10-19-18(21-16(15)8-14)23-4-6-25-7-5-23/h9-11,14,17H,2-8,12H2,1H3. The Bertz CT molecular complexity index is 769. The number of hydrogen-bond acceptors (Lipinski definition) is 6. The summed E-state index contributed by atoms with van der Waals surface area (Å²) in [6.07, 6.45) is 9.66. The highest BCUT2D eigenvalue weighted by Crippen LogP contribution is 2.43. The monoisotopic (exact) mass is 340 g/mol. The molecular weight excluding hydrogens is 316 g/mol. The largest absolute Gasteiger partial charge is 0.378 e. The SMILES string of the molecule is Cn1cc(CN2C3CCC2c2cnc(N4CCOCC4)nc2C3)cn1. The zero-order valence-electron chi connectivity index (χ0n) is 14.6. The van der Waals surface area contributed by atoms with E-state index in [0.29, 0.717) is 12.1 Å². The van der Waals surface area contributed by atoms with Crippen molar-refractivity contribution in [3.63, 3.8) is 0 Å². The molecule has 132 valence electrons. The molecule has 0 N–H and O–H groups in total. The molecular formula is C18H24N6O. The molecule has 3 aliphatic rings. The third kappa shape index (κ3) is 2.71. The molecule has 25 heavy (non-hydrogen) atoms. The normalized spacial score (nSPS) is 26.0. The average Bonchev–Trinajstić information content (AvgIpc) is 3.17. The topological polar surface area (TPSA) is 59.3 Å². The summed E-state index contributed by atoms with van der Waals surface area (Å²) < 4.78 is 7.32. The minimum absolute atomic E-state index is 0.452. The molecule has 0 aromatic carbocycles. The molecule has 2 fully saturated rings. The van der Waals surface area contributed by atoms with Crippen molar-refractivity contribution < 1.29 is 4.74 Å². The summed E-state index contributed by atoms with van der Waals surface area (Å²) in [4.78, 5) is 14.5. The maximum absolute atomic E-state index is 5.44.